The predicted molar refractivity (Wildman–Crippen MR) is 139 cm³/mol. The predicted octanol–water partition coefficient (Wildman–Crippen LogP) is 9.43. The normalized spacial score (nSPS) is 13.5. The second kappa shape index (κ2) is 17.6. The molecule has 1 aromatic carbocycles. The van der Waals surface area contributed by atoms with Crippen LogP contribution in [0.4, 0.5) is 11.4 Å². The van der Waals surface area contributed by atoms with E-state index in [2.05, 4.69) is 49.0 Å². The number of nitro groups is 1. The second-order valence-electron chi connectivity index (χ2n) is 8.65. The molecule has 2 atom stereocenters. The van der Waals surface area contributed by atoms with Gasteiger partial charge in [-0.3, -0.25) is 10.1 Å². The van der Waals surface area contributed by atoms with Crippen LogP contribution in [0.5, 0.6) is 0 Å². The molecule has 1 N–H and O–H groups in total. The highest BCUT2D eigenvalue weighted by Crippen LogP contribution is 2.38. The maximum atomic E-state index is 11.0. The molecule has 32 heavy (non-hydrogen) atoms. The van der Waals surface area contributed by atoms with Crippen LogP contribution in [-0.4, -0.2) is 22.2 Å². The third-order valence-electron chi connectivity index (χ3n) is 5.54. The van der Waals surface area contributed by atoms with E-state index in [0.29, 0.717) is 21.1 Å². The number of rotatable bonds is 18. The highest BCUT2D eigenvalue weighted by atomic mass is 79.9. The van der Waals surface area contributed by atoms with E-state index in [-0.39, 0.29) is 11.7 Å². The number of non-ortho nitro benzene ring substituents is 1. The monoisotopic (exact) mass is 575 g/mol. The first kappa shape index (κ1) is 29.2. The number of benzene rings is 1. The fourth-order valence-electron chi connectivity index (χ4n) is 3.73. The Kier molecular flexibility index (Phi) is 16.0. The van der Waals surface area contributed by atoms with Gasteiger partial charge < -0.3 is 5.11 Å². The van der Waals surface area contributed by atoms with Gasteiger partial charge in [-0.2, -0.15) is 10.2 Å². The molecule has 6 nitrogen and oxygen atoms in total. The standard InChI is InChI=1S/C24H39Br2N3O3/c1-3-4-5-6-7-8-9-10-11-12-13-14-15-20(16-19(2)30)27-28-24-22(25)17-21(29(31)32)18-23(24)26/h17-20,30H,3-16H2,1-2H3. The Labute approximate surface area is 210 Å². The molecule has 0 amide bonds. The van der Waals surface area contributed by atoms with E-state index in [4.69, 9.17) is 0 Å². The Hall–Kier alpha value is -0.860. The molecule has 0 aliphatic rings. The van der Waals surface area contributed by atoms with Crippen molar-refractivity contribution in [1.82, 2.24) is 0 Å². The van der Waals surface area contributed by atoms with Crippen LogP contribution in [0.15, 0.2) is 31.3 Å². The number of halogens is 2. The Bertz CT molecular complexity index is 676. The molecule has 0 fully saturated rings. The third kappa shape index (κ3) is 13.0. The van der Waals surface area contributed by atoms with Crippen LogP contribution in [0, 0.1) is 10.1 Å². The van der Waals surface area contributed by atoms with E-state index in [1.807, 2.05) is 0 Å². The van der Waals surface area contributed by atoms with Gasteiger partial charge in [-0.05, 0) is 51.6 Å². The molecule has 2 unspecified atom stereocenters. The van der Waals surface area contributed by atoms with Crippen LogP contribution in [0.25, 0.3) is 0 Å². The largest absolute Gasteiger partial charge is 0.393 e. The minimum absolute atomic E-state index is 0.0141. The molecule has 8 heteroatoms. The molecule has 182 valence electrons. The smallest absolute Gasteiger partial charge is 0.271 e. The molecule has 0 radical (unpaired) electrons. The van der Waals surface area contributed by atoms with Crippen molar-refractivity contribution in [2.24, 2.45) is 10.2 Å². The lowest BCUT2D eigenvalue weighted by atomic mass is 10.0. The highest BCUT2D eigenvalue weighted by molar-refractivity contribution is 9.11. The average Bonchev–Trinajstić information content (AvgIpc) is 2.73. The Balaban J connectivity index is 2.37. The molecule has 0 heterocycles. The number of azo groups is 1. The van der Waals surface area contributed by atoms with Gasteiger partial charge in [0.2, 0.25) is 0 Å². The third-order valence-corrected chi connectivity index (χ3v) is 6.75. The fourth-order valence-corrected chi connectivity index (χ4v) is 5.05. The minimum Gasteiger partial charge on any atom is -0.393 e. The van der Waals surface area contributed by atoms with Gasteiger partial charge in [0, 0.05) is 12.1 Å². The van der Waals surface area contributed by atoms with Crippen molar-refractivity contribution in [3.63, 3.8) is 0 Å². The first-order chi connectivity index (χ1) is 15.3. The van der Waals surface area contributed by atoms with Crippen molar-refractivity contribution >= 4 is 43.2 Å². The average molecular weight is 577 g/mol. The summed E-state index contributed by atoms with van der Waals surface area (Å²) in [5, 5.41) is 29.6. The number of unbranched alkanes of at least 4 members (excludes halogenated alkanes) is 11. The summed E-state index contributed by atoms with van der Waals surface area (Å²) in [4.78, 5) is 10.5. The quantitative estimate of drug-likeness (QED) is 0.0816. The zero-order valence-electron chi connectivity index (χ0n) is 19.6. The van der Waals surface area contributed by atoms with Gasteiger partial charge in [0.1, 0.15) is 5.69 Å². The van der Waals surface area contributed by atoms with Crippen LogP contribution in [0.1, 0.15) is 104 Å². The Morgan fingerprint density at radius 1 is 0.938 bits per heavy atom. The van der Waals surface area contributed by atoms with Crippen molar-refractivity contribution in [2.75, 3.05) is 0 Å². The molecule has 0 saturated carbocycles. The summed E-state index contributed by atoms with van der Waals surface area (Å²) in [7, 11) is 0. The highest BCUT2D eigenvalue weighted by Gasteiger charge is 2.15. The molecule has 0 saturated heterocycles. The molecular formula is C24H39Br2N3O3. The molecule has 1 rings (SSSR count). The van der Waals surface area contributed by atoms with Gasteiger partial charge in [0.15, 0.2) is 0 Å². The fraction of sp³-hybridized carbons (Fsp3) is 0.750. The number of hydrogen-bond acceptors (Lipinski definition) is 5. The lowest BCUT2D eigenvalue weighted by Gasteiger charge is -2.13. The topological polar surface area (TPSA) is 88.1 Å². The van der Waals surface area contributed by atoms with Gasteiger partial charge >= 0.3 is 0 Å². The van der Waals surface area contributed by atoms with Crippen LogP contribution in [0.3, 0.4) is 0 Å². The summed E-state index contributed by atoms with van der Waals surface area (Å²) < 4.78 is 1.03. The Morgan fingerprint density at radius 3 is 1.84 bits per heavy atom. The van der Waals surface area contributed by atoms with Crippen molar-refractivity contribution < 1.29 is 10.0 Å². The van der Waals surface area contributed by atoms with Crippen LogP contribution < -0.4 is 0 Å². The lowest BCUT2D eigenvalue weighted by Crippen LogP contribution is -2.13. The molecule has 0 spiro atoms. The summed E-state index contributed by atoms with van der Waals surface area (Å²) >= 11 is 6.69. The summed E-state index contributed by atoms with van der Waals surface area (Å²) in [6.07, 6.45) is 16.7. The van der Waals surface area contributed by atoms with Gasteiger partial charge in [0.25, 0.3) is 5.69 Å². The van der Waals surface area contributed by atoms with E-state index < -0.39 is 11.0 Å². The zero-order chi connectivity index (χ0) is 23.8. The van der Waals surface area contributed by atoms with E-state index in [0.717, 1.165) is 12.8 Å². The number of aliphatic hydroxyl groups excluding tert-OH is 1. The SMILES string of the molecule is CCCCCCCCCCCCCCC(CC(C)O)N=Nc1c(Br)cc([N+](=O)[O-])cc1Br. The van der Waals surface area contributed by atoms with Gasteiger partial charge in [-0.15, -0.1) is 0 Å². The summed E-state index contributed by atoms with van der Waals surface area (Å²) in [5.41, 5.74) is 0.514. The summed E-state index contributed by atoms with van der Waals surface area (Å²) in [5.74, 6) is 0. The van der Waals surface area contributed by atoms with Crippen molar-refractivity contribution in [3.05, 3.63) is 31.2 Å². The zero-order valence-corrected chi connectivity index (χ0v) is 22.7. The summed E-state index contributed by atoms with van der Waals surface area (Å²) in [6, 6.07) is 2.79. The summed E-state index contributed by atoms with van der Waals surface area (Å²) in [6.45, 7) is 4.02. The maximum absolute atomic E-state index is 11.0. The van der Waals surface area contributed by atoms with Crippen LogP contribution >= 0.6 is 31.9 Å². The maximum Gasteiger partial charge on any atom is 0.271 e. The van der Waals surface area contributed by atoms with Crippen LogP contribution in [0.2, 0.25) is 0 Å². The Morgan fingerprint density at radius 2 is 1.41 bits per heavy atom. The minimum atomic E-state index is -0.444. The molecule has 0 aliphatic heterocycles. The number of hydrogen-bond donors (Lipinski definition) is 1. The van der Waals surface area contributed by atoms with E-state index >= 15 is 0 Å². The van der Waals surface area contributed by atoms with E-state index in [1.54, 1.807) is 6.92 Å². The van der Waals surface area contributed by atoms with Crippen molar-refractivity contribution in [2.45, 2.75) is 116 Å². The number of nitro benzene ring substituents is 1. The van der Waals surface area contributed by atoms with Crippen LogP contribution in [-0.2, 0) is 0 Å². The first-order valence-corrected chi connectivity index (χ1v) is 13.7. The molecule has 0 bridgehead atoms. The van der Waals surface area contributed by atoms with Gasteiger partial charge in [0.05, 0.1) is 26.0 Å². The number of aliphatic hydroxyl groups is 1. The molecule has 0 aliphatic carbocycles. The van der Waals surface area contributed by atoms with Gasteiger partial charge in [-0.1, -0.05) is 84.0 Å². The number of nitrogens with zero attached hydrogens (tertiary/aromatic N) is 3. The van der Waals surface area contributed by atoms with E-state index in [1.165, 1.54) is 82.8 Å². The lowest BCUT2D eigenvalue weighted by molar-refractivity contribution is -0.385. The van der Waals surface area contributed by atoms with Crippen molar-refractivity contribution in [1.29, 1.82) is 0 Å². The first-order valence-electron chi connectivity index (χ1n) is 12.1. The second-order valence-corrected chi connectivity index (χ2v) is 10.4. The molecule has 0 aromatic heterocycles. The molecular weight excluding hydrogens is 538 g/mol. The molecule has 1 aromatic rings. The van der Waals surface area contributed by atoms with E-state index in [9.17, 15) is 15.2 Å². The van der Waals surface area contributed by atoms with Gasteiger partial charge in [-0.25, -0.2) is 0 Å². The van der Waals surface area contributed by atoms with Crippen molar-refractivity contribution in [3.8, 4) is 0 Å².